The van der Waals surface area contributed by atoms with Gasteiger partial charge in [0, 0.05) is 10.9 Å². The van der Waals surface area contributed by atoms with Gasteiger partial charge >= 0.3 is 0 Å². The number of ether oxygens (including phenoxy) is 1. The number of hydrogen-bond donors (Lipinski definition) is 0. The van der Waals surface area contributed by atoms with Gasteiger partial charge < -0.3 is 4.74 Å². The molecular formula is C18H20BrN3O6S2. The fourth-order valence-corrected chi connectivity index (χ4v) is 4.49. The van der Waals surface area contributed by atoms with E-state index in [2.05, 4.69) is 26.0 Å². The number of rotatable bonds is 9. The molecule has 12 heteroatoms. The number of pyridine rings is 1. The molecule has 0 aliphatic heterocycles. The lowest BCUT2D eigenvalue weighted by molar-refractivity contribution is 0.270. The third-order valence-corrected chi connectivity index (χ3v) is 6.15. The first kappa shape index (κ1) is 22.7. The predicted octanol–water partition coefficient (Wildman–Crippen LogP) is 2.80. The van der Waals surface area contributed by atoms with Crippen LogP contribution in [-0.4, -0.2) is 56.7 Å². The zero-order valence-corrected chi connectivity index (χ0v) is 19.5. The lowest BCUT2D eigenvalue weighted by Crippen LogP contribution is -2.11. The Labute approximate surface area is 183 Å². The van der Waals surface area contributed by atoms with Gasteiger partial charge in [0.25, 0.3) is 20.1 Å². The van der Waals surface area contributed by atoms with Crippen molar-refractivity contribution in [3.63, 3.8) is 0 Å². The Hall–Kier alpha value is -2.02. The van der Waals surface area contributed by atoms with E-state index < -0.39 is 20.1 Å². The van der Waals surface area contributed by atoms with Gasteiger partial charge in [0.2, 0.25) is 0 Å². The molecule has 162 valence electrons. The maximum Gasteiger partial charge on any atom is 0.264 e. The molecule has 0 radical (unpaired) electrons. The molecule has 9 nitrogen and oxygen atoms in total. The molecule has 0 spiro atoms. The average molecular weight is 518 g/mol. The van der Waals surface area contributed by atoms with E-state index in [-0.39, 0.29) is 6.61 Å². The van der Waals surface area contributed by atoms with Crippen LogP contribution >= 0.6 is 15.9 Å². The Bertz CT molecular complexity index is 1270. The highest BCUT2D eigenvalue weighted by Gasteiger charge is 2.18. The molecule has 0 saturated heterocycles. The van der Waals surface area contributed by atoms with Gasteiger partial charge in [-0.15, -0.1) is 5.10 Å². The van der Waals surface area contributed by atoms with Crippen molar-refractivity contribution in [1.82, 2.24) is 14.2 Å². The molecule has 0 unspecified atom stereocenters. The number of nitrogens with zero attached hydrogens (tertiary/aromatic N) is 3. The minimum atomic E-state index is -3.56. The fraction of sp³-hybridized carbons (Fsp3) is 0.333. The van der Waals surface area contributed by atoms with Crippen LogP contribution in [0.1, 0.15) is 12.8 Å². The maximum absolute atomic E-state index is 11.9. The molecule has 0 N–H and O–H groups in total. The highest BCUT2D eigenvalue weighted by atomic mass is 79.9. The van der Waals surface area contributed by atoms with E-state index in [1.165, 1.54) is 6.20 Å². The van der Waals surface area contributed by atoms with Crippen molar-refractivity contribution in [2.24, 2.45) is 0 Å². The molecule has 2 aromatic heterocycles. The fourth-order valence-electron chi connectivity index (χ4n) is 2.75. The molecule has 0 amide bonds. The first-order valence-electron chi connectivity index (χ1n) is 8.88. The summed E-state index contributed by atoms with van der Waals surface area (Å²) in [6.07, 6.45) is 4.70. The Balaban J connectivity index is 1.78. The summed E-state index contributed by atoms with van der Waals surface area (Å²) < 4.78 is 57.6. The van der Waals surface area contributed by atoms with Crippen LogP contribution in [0.3, 0.4) is 0 Å². The van der Waals surface area contributed by atoms with Gasteiger partial charge in [0.15, 0.2) is 0 Å². The molecule has 3 rings (SSSR count). The summed E-state index contributed by atoms with van der Waals surface area (Å²) >= 11 is 3.31. The van der Waals surface area contributed by atoms with Gasteiger partial charge in [-0.2, -0.15) is 12.5 Å². The first-order valence-corrected chi connectivity index (χ1v) is 13.3. The van der Waals surface area contributed by atoms with E-state index in [9.17, 15) is 16.8 Å². The van der Waals surface area contributed by atoms with Gasteiger partial charge in [-0.05, 0) is 47.0 Å². The normalized spacial score (nSPS) is 12.4. The summed E-state index contributed by atoms with van der Waals surface area (Å²) in [4.78, 5) is 4.40. The number of aromatic nitrogens is 3. The van der Waals surface area contributed by atoms with E-state index in [1.54, 1.807) is 6.07 Å². The molecule has 0 aliphatic rings. The quantitative estimate of drug-likeness (QED) is 0.314. The highest BCUT2D eigenvalue weighted by Crippen LogP contribution is 2.32. The average Bonchev–Trinajstić information content (AvgIpc) is 3.00. The van der Waals surface area contributed by atoms with Crippen molar-refractivity contribution in [3.8, 4) is 17.0 Å². The van der Waals surface area contributed by atoms with Crippen LogP contribution in [0.5, 0.6) is 5.75 Å². The summed E-state index contributed by atoms with van der Waals surface area (Å²) in [6.45, 7) is 0.489. The van der Waals surface area contributed by atoms with Crippen molar-refractivity contribution in [2.75, 3.05) is 25.7 Å². The summed E-state index contributed by atoms with van der Waals surface area (Å²) in [5.74, 6) is 0.611. The summed E-state index contributed by atoms with van der Waals surface area (Å²) in [5.41, 5.74) is 1.72. The first-order chi connectivity index (χ1) is 14.1. The van der Waals surface area contributed by atoms with Gasteiger partial charge in [-0.3, -0.25) is 9.17 Å². The number of benzene rings is 1. The van der Waals surface area contributed by atoms with Crippen LogP contribution < -0.4 is 4.74 Å². The summed E-state index contributed by atoms with van der Waals surface area (Å²) in [6, 6.07) is 9.09. The van der Waals surface area contributed by atoms with E-state index in [4.69, 9.17) is 8.92 Å². The molecule has 1 aromatic carbocycles. The minimum absolute atomic E-state index is 0.112. The van der Waals surface area contributed by atoms with Gasteiger partial charge in [-0.1, -0.05) is 12.1 Å². The van der Waals surface area contributed by atoms with E-state index in [0.29, 0.717) is 46.4 Å². The molecule has 0 fully saturated rings. The second kappa shape index (κ2) is 9.00. The Morgan fingerprint density at radius 3 is 2.47 bits per heavy atom. The smallest absolute Gasteiger partial charge is 0.264 e. The third-order valence-electron chi connectivity index (χ3n) is 4.06. The van der Waals surface area contributed by atoms with Crippen LogP contribution in [-0.2, 0) is 24.3 Å². The molecule has 2 heterocycles. The molecule has 3 aromatic rings. The molecule has 30 heavy (non-hydrogen) atoms. The third kappa shape index (κ3) is 5.56. The second-order valence-corrected chi connectivity index (χ2v) is 10.8. The molecular weight excluding hydrogens is 498 g/mol. The molecule has 0 aliphatic carbocycles. The zero-order valence-electron chi connectivity index (χ0n) is 16.3. The number of fused-ring (bicyclic) bond motifs is 1. The Morgan fingerprint density at radius 2 is 1.77 bits per heavy atom. The van der Waals surface area contributed by atoms with Crippen molar-refractivity contribution in [2.45, 2.75) is 12.8 Å². The lowest BCUT2D eigenvalue weighted by Gasteiger charge is -2.11. The van der Waals surface area contributed by atoms with Crippen LogP contribution in [0.2, 0.25) is 0 Å². The molecule has 0 saturated carbocycles. The van der Waals surface area contributed by atoms with Crippen LogP contribution in [0.4, 0.5) is 0 Å². The Kier molecular flexibility index (Phi) is 6.80. The van der Waals surface area contributed by atoms with Crippen molar-refractivity contribution >= 4 is 47.0 Å². The van der Waals surface area contributed by atoms with E-state index in [1.807, 2.05) is 24.3 Å². The van der Waals surface area contributed by atoms with Crippen LogP contribution in [0.25, 0.3) is 22.2 Å². The predicted molar refractivity (Wildman–Crippen MR) is 116 cm³/mol. The van der Waals surface area contributed by atoms with Crippen LogP contribution in [0.15, 0.2) is 41.1 Å². The number of unbranched alkanes of at least 4 members (excludes halogenated alkanes) is 1. The Morgan fingerprint density at radius 1 is 1.07 bits per heavy atom. The highest BCUT2D eigenvalue weighted by molar-refractivity contribution is 9.10. The van der Waals surface area contributed by atoms with E-state index in [0.717, 1.165) is 22.2 Å². The molecule has 0 bridgehead atoms. The monoisotopic (exact) mass is 517 g/mol. The number of halogens is 1. The van der Waals surface area contributed by atoms with Crippen molar-refractivity contribution in [3.05, 3.63) is 41.1 Å². The maximum atomic E-state index is 11.9. The topological polar surface area (TPSA) is 117 Å². The van der Waals surface area contributed by atoms with Crippen molar-refractivity contribution in [1.29, 1.82) is 0 Å². The minimum Gasteiger partial charge on any atom is -0.493 e. The van der Waals surface area contributed by atoms with Crippen molar-refractivity contribution < 1.29 is 25.8 Å². The standard InChI is InChI=1S/C18H20BrN3O6S2/c1-29(23,24)22-16-12-20-15(11-14(16)18(19)21-22)13-7-3-4-8-17(13)27-9-5-6-10-28-30(2,25)26/h3-4,7-8,11-12H,5-6,9-10H2,1-2H3. The van der Waals surface area contributed by atoms with Gasteiger partial charge in [0.05, 0.1) is 37.6 Å². The van der Waals surface area contributed by atoms with Gasteiger partial charge in [-0.25, -0.2) is 8.42 Å². The lowest BCUT2D eigenvalue weighted by atomic mass is 10.1. The number of hydrogen-bond acceptors (Lipinski definition) is 8. The largest absolute Gasteiger partial charge is 0.493 e. The second-order valence-electron chi connectivity index (χ2n) is 6.56. The molecule has 0 atom stereocenters. The van der Waals surface area contributed by atoms with Crippen LogP contribution in [0, 0.1) is 0 Å². The number of para-hydroxylation sites is 1. The van der Waals surface area contributed by atoms with Gasteiger partial charge in [0.1, 0.15) is 15.9 Å². The SMILES string of the molecule is CS(=O)(=O)OCCCCOc1ccccc1-c1cc2c(Br)nn(S(C)(=O)=O)c2cn1. The summed E-state index contributed by atoms with van der Waals surface area (Å²) in [7, 11) is -6.99. The summed E-state index contributed by atoms with van der Waals surface area (Å²) in [5, 5.41) is 4.64. The zero-order chi connectivity index (χ0) is 21.9. The van der Waals surface area contributed by atoms with E-state index >= 15 is 0 Å².